The van der Waals surface area contributed by atoms with Crippen LogP contribution in [-0.2, 0) is 54.3 Å². The SMILES string of the molecule is CCCc1ccc(CCC(=O)OC2CCC(C(=O)Oc3ccc(OC(=O)C4CCC(OC(=O)CCc5ccc(CCC)cc5)CC4)c4c3C(=O)CC4C)CC2)cc1. The lowest BCUT2D eigenvalue weighted by atomic mass is 9.87. The summed E-state index contributed by atoms with van der Waals surface area (Å²) in [7, 11) is 0. The monoisotopic (exact) mass is 778 g/mol. The van der Waals surface area contributed by atoms with Gasteiger partial charge in [-0.1, -0.05) is 82.1 Å². The Morgan fingerprint density at radius 3 is 1.35 bits per heavy atom. The molecule has 6 rings (SSSR count). The van der Waals surface area contributed by atoms with E-state index in [1.807, 2.05) is 6.92 Å². The summed E-state index contributed by atoms with van der Waals surface area (Å²) in [5, 5.41) is 0. The van der Waals surface area contributed by atoms with E-state index in [1.165, 1.54) is 11.1 Å². The molecule has 3 aromatic rings. The van der Waals surface area contributed by atoms with Gasteiger partial charge in [0.15, 0.2) is 5.78 Å². The molecule has 1 unspecified atom stereocenters. The summed E-state index contributed by atoms with van der Waals surface area (Å²) in [6.07, 6.45) is 10.4. The van der Waals surface area contributed by atoms with Crippen molar-refractivity contribution in [1.29, 1.82) is 0 Å². The van der Waals surface area contributed by atoms with Crippen LogP contribution in [0.2, 0.25) is 0 Å². The van der Waals surface area contributed by atoms with E-state index in [2.05, 4.69) is 62.4 Å². The fourth-order valence-electron chi connectivity index (χ4n) is 8.53. The third-order valence-electron chi connectivity index (χ3n) is 11.8. The van der Waals surface area contributed by atoms with E-state index in [9.17, 15) is 24.0 Å². The third kappa shape index (κ3) is 11.4. The van der Waals surface area contributed by atoms with E-state index in [1.54, 1.807) is 12.1 Å². The second-order valence-corrected chi connectivity index (χ2v) is 16.3. The largest absolute Gasteiger partial charge is 0.462 e. The standard InChI is InChI=1S/C48H58O9/c1-4-6-32-8-12-34(13-9-32)16-28-43(50)54-38-22-18-36(19-23-38)47(52)56-41-26-27-42(46-40(49)30-31(3)45(41)46)57-48(53)37-20-24-39(25-21-37)55-44(51)29-17-35-14-10-33(7-5-2)11-15-35/h8-15,26-27,31,36-39H,4-7,16-25,28-30H2,1-3H3. The van der Waals surface area contributed by atoms with Crippen LogP contribution in [0.3, 0.4) is 0 Å². The van der Waals surface area contributed by atoms with Crippen LogP contribution in [0.25, 0.3) is 0 Å². The van der Waals surface area contributed by atoms with Gasteiger partial charge in [-0.25, -0.2) is 0 Å². The van der Waals surface area contributed by atoms with E-state index < -0.39 is 5.97 Å². The van der Waals surface area contributed by atoms with Gasteiger partial charge in [-0.15, -0.1) is 0 Å². The van der Waals surface area contributed by atoms with Crippen LogP contribution in [0.15, 0.2) is 60.7 Å². The molecule has 0 bridgehead atoms. The second kappa shape index (κ2) is 20.1. The fourth-order valence-corrected chi connectivity index (χ4v) is 8.53. The summed E-state index contributed by atoms with van der Waals surface area (Å²) < 4.78 is 23.3. The van der Waals surface area contributed by atoms with Gasteiger partial charge >= 0.3 is 23.9 Å². The third-order valence-corrected chi connectivity index (χ3v) is 11.8. The zero-order chi connectivity index (χ0) is 40.3. The molecule has 0 N–H and O–H groups in total. The van der Waals surface area contributed by atoms with E-state index in [4.69, 9.17) is 18.9 Å². The van der Waals surface area contributed by atoms with Gasteiger partial charge in [0.1, 0.15) is 23.7 Å². The van der Waals surface area contributed by atoms with Crippen molar-refractivity contribution in [2.24, 2.45) is 11.8 Å². The molecule has 0 amide bonds. The van der Waals surface area contributed by atoms with Crippen molar-refractivity contribution in [1.82, 2.24) is 0 Å². The van der Waals surface area contributed by atoms with Gasteiger partial charge in [0, 0.05) is 24.8 Å². The van der Waals surface area contributed by atoms with Crippen LogP contribution in [-0.4, -0.2) is 41.9 Å². The lowest BCUT2D eigenvalue weighted by Gasteiger charge is -2.28. The molecule has 1 atom stereocenters. The fraction of sp³-hybridized carbons (Fsp3) is 0.521. The first-order valence-electron chi connectivity index (χ1n) is 21.3. The van der Waals surface area contributed by atoms with E-state index in [0.717, 1.165) is 36.8 Å². The number of hydrogen-bond acceptors (Lipinski definition) is 9. The molecular formula is C48H58O9. The number of Topliss-reactive ketones (excluding diaryl/α,β-unsaturated/α-hetero) is 1. The predicted molar refractivity (Wildman–Crippen MR) is 216 cm³/mol. The van der Waals surface area contributed by atoms with Crippen LogP contribution in [0.4, 0.5) is 0 Å². The molecule has 0 aromatic heterocycles. The average molecular weight is 779 g/mol. The highest BCUT2D eigenvalue weighted by atomic mass is 16.6. The van der Waals surface area contributed by atoms with Gasteiger partial charge in [0.25, 0.3) is 0 Å². The lowest BCUT2D eigenvalue weighted by molar-refractivity contribution is -0.153. The van der Waals surface area contributed by atoms with Crippen LogP contribution >= 0.6 is 0 Å². The summed E-state index contributed by atoms with van der Waals surface area (Å²) in [6.45, 7) is 6.21. The first-order valence-corrected chi connectivity index (χ1v) is 21.3. The highest BCUT2D eigenvalue weighted by Crippen LogP contribution is 2.45. The van der Waals surface area contributed by atoms with Gasteiger partial charge in [-0.2, -0.15) is 0 Å². The summed E-state index contributed by atoms with van der Waals surface area (Å²) in [6, 6.07) is 19.9. The molecule has 9 nitrogen and oxygen atoms in total. The highest BCUT2D eigenvalue weighted by molar-refractivity contribution is 6.05. The molecule has 0 saturated heterocycles. The van der Waals surface area contributed by atoms with Crippen molar-refractivity contribution in [3.63, 3.8) is 0 Å². The number of aryl methyl sites for hydroxylation is 4. The molecule has 0 spiro atoms. The zero-order valence-corrected chi connectivity index (χ0v) is 33.9. The predicted octanol–water partition coefficient (Wildman–Crippen LogP) is 9.56. The van der Waals surface area contributed by atoms with Gasteiger partial charge < -0.3 is 18.9 Å². The average Bonchev–Trinajstić information content (AvgIpc) is 3.52. The lowest BCUT2D eigenvalue weighted by Crippen LogP contribution is -2.30. The van der Waals surface area contributed by atoms with Crippen molar-refractivity contribution < 1.29 is 42.9 Å². The Bertz CT molecular complexity index is 1860. The number of carbonyl (C=O) groups excluding carboxylic acids is 5. The number of hydrogen-bond donors (Lipinski definition) is 0. The van der Waals surface area contributed by atoms with E-state index >= 15 is 0 Å². The molecule has 0 aliphatic heterocycles. The Morgan fingerprint density at radius 1 is 0.544 bits per heavy atom. The van der Waals surface area contributed by atoms with Crippen molar-refractivity contribution in [2.75, 3.05) is 0 Å². The Morgan fingerprint density at radius 2 is 0.930 bits per heavy atom. The smallest absolute Gasteiger partial charge is 0.314 e. The van der Waals surface area contributed by atoms with Crippen molar-refractivity contribution in [3.8, 4) is 11.5 Å². The number of carbonyl (C=O) groups is 5. The Labute approximate surface area is 337 Å². The molecule has 3 aliphatic rings. The molecule has 2 saturated carbocycles. The van der Waals surface area contributed by atoms with Crippen LogP contribution < -0.4 is 9.47 Å². The number of ketones is 1. The van der Waals surface area contributed by atoms with Gasteiger partial charge in [0.05, 0.1) is 17.4 Å². The van der Waals surface area contributed by atoms with Crippen molar-refractivity contribution >= 4 is 29.7 Å². The quantitative estimate of drug-likeness (QED) is 0.103. The first-order chi connectivity index (χ1) is 27.6. The molecule has 3 aromatic carbocycles. The Hall–Kier alpha value is -4.79. The second-order valence-electron chi connectivity index (χ2n) is 16.3. The minimum atomic E-state index is -0.413. The maximum atomic E-state index is 13.4. The number of ether oxygens (including phenoxy) is 4. The Kier molecular flexibility index (Phi) is 14.7. The molecule has 3 aliphatic carbocycles. The van der Waals surface area contributed by atoms with Crippen LogP contribution in [0.5, 0.6) is 11.5 Å². The summed E-state index contributed by atoms with van der Waals surface area (Å²) in [5.74, 6) is -1.81. The minimum Gasteiger partial charge on any atom is -0.462 e. The summed E-state index contributed by atoms with van der Waals surface area (Å²) in [4.78, 5) is 65.1. The van der Waals surface area contributed by atoms with Gasteiger partial charge in [-0.05, 0) is 117 Å². The molecular weight excluding hydrogens is 721 g/mol. The topological polar surface area (TPSA) is 122 Å². The number of fused-ring (bicyclic) bond motifs is 1. The van der Waals surface area contributed by atoms with Crippen LogP contribution in [0.1, 0.15) is 148 Å². The molecule has 57 heavy (non-hydrogen) atoms. The van der Waals surface area contributed by atoms with E-state index in [-0.39, 0.29) is 65.8 Å². The van der Waals surface area contributed by atoms with E-state index in [0.29, 0.717) is 93.9 Å². The summed E-state index contributed by atoms with van der Waals surface area (Å²) in [5.41, 5.74) is 5.71. The normalized spacial score (nSPS) is 21.7. The van der Waals surface area contributed by atoms with Gasteiger partial charge in [-0.3, -0.25) is 24.0 Å². The van der Waals surface area contributed by atoms with Crippen LogP contribution in [0, 0.1) is 11.8 Å². The molecule has 9 heteroatoms. The zero-order valence-electron chi connectivity index (χ0n) is 33.9. The summed E-state index contributed by atoms with van der Waals surface area (Å²) >= 11 is 0. The number of benzene rings is 3. The Balaban J connectivity index is 0.944. The maximum Gasteiger partial charge on any atom is 0.314 e. The minimum absolute atomic E-state index is 0.151. The molecule has 2 fully saturated rings. The number of rotatable bonds is 16. The molecule has 0 heterocycles. The van der Waals surface area contributed by atoms with Crippen molar-refractivity contribution in [3.05, 3.63) is 94.0 Å². The van der Waals surface area contributed by atoms with Crippen molar-refractivity contribution in [2.45, 2.75) is 148 Å². The molecule has 304 valence electrons. The first kappa shape index (κ1) is 41.8. The highest BCUT2D eigenvalue weighted by Gasteiger charge is 2.37. The van der Waals surface area contributed by atoms with Gasteiger partial charge in [0.2, 0.25) is 0 Å². The molecule has 0 radical (unpaired) electrons. The maximum absolute atomic E-state index is 13.4. The number of esters is 4.